The maximum absolute atomic E-state index is 11.2. The molecule has 1 aliphatic heterocycles. The highest BCUT2D eigenvalue weighted by Crippen LogP contribution is 2.45. The Balaban J connectivity index is 2.11. The van der Waals surface area contributed by atoms with Crippen LogP contribution in [0.5, 0.6) is 0 Å². The number of nitrogens with zero attached hydrogens (tertiary/aromatic N) is 1. The first kappa shape index (κ1) is 14.3. The predicted octanol–water partition coefficient (Wildman–Crippen LogP) is 4.31. The molecule has 1 saturated heterocycles. The minimum Gasteiger partial charge on any atom is -0.264 e. The van der Waals surface area contributed by atoms with Crippen LogP contribution in [0.15, 0.2) is 9.81 Å². The van der Waals surface area contributed by atoms with E-state index in [0.29, 0.717) is 0 Å². The van der Waals surface area contributed by atoms with Gasteiger partial charge in [-0.05, 0) is 49.2 Å². The van der Waals surface area contributed by atoms with Gasteiger partial charge < -0.3 is 0 Å². The molecule has 2 aliphatic rings. The number of allylic oxidation sites excluding steroid dienone is 1. The van der Waals surface area contributed by atoms with Gasteiger partial charge in [-0.1, -0.05) is 0 Å². The molecule has 1 unspecified atom stereocenters. The van der Waals surface area contributed by atoms with Crippen molar-refractivity contribution in [2.45, 2.75) is 51.5 Å². The molecule has 2 rings (SSSR count). The molecule has 5 heteroatoms. The van der Waals surface area contributed by atoms with E-state index in [-0.39, 0.29) is 10.8 Å². The quantitative estimate of drug-likeness (QED) is 0.560. The van der Waals surface area contributed by atoms with Crippen molar-refractivity contribution in [3.63, 3.8) is 0 Å². The van der Waals surface area contributed by atoms with E-state index < -0.39 is 5.54 Å². The summed E-state index contributed by atoms with van der Waals surface area (Å²) in [7, 11) is 0. The summed E-state index contributed by atoms with van der Waals surface area (Å²) in [6.07, 6.45) is 5.49. The van der Waals surface area contributed by atoms with Crippen LogP contribution in [-0.4, -0.2) is 22.0 Å². The van der Waals surface area contributed by atoms with Gasteiger partial charge in [0.25, 0.3) is 0 Å². The smallest absolute Gasteiger partial charge is 0.219 e. The van der Waals surface area contributed by atoms with Gasteiger partial charge in [0.05, 0.1) is 0 Å². The van der Waals surface area contributed by atoms with Crippen LogP contribution >= 0.6 is 23.5 Å². The lowest BCUT2D eigenvalue weighted by Gasteiger charge is -2.32. The van der Waals surface area contributed by atoms with Crippen LogP contribution in [0.3, 0.4) is 0 Å². The SMILES string of the molecule is CC(C)(C1CCCC(=C2SCCCS2)C1)[N+](=O)[O-]. The summed E-state index contributed by atoms with van der Waals surface area (Å²) in [5, 5.41) is 11.2. The Labute approximate surface area is 117 Å². The second kappa shape index (κ2) is 5.87. The molecule has 0 spiro atoms. The first-order valence-corrected chi connectivity index (χ1v) is 8.61. The van der Waals surface area contributed by atoms with Crippen LogP contribution in [0, 0.1) is 16.0 Å². The molecular formula is C13H21NO2S2. The summed E-state index contributed by atoms with van der Waals surface area (Å²) in [6, 6.07) is 0. The number of hydrogen-bond donors (Lipinski definition) is 0. The summed E-state index contributed by atoms with van der Waals surface area (Å²) in [5.41, 5.74) is 0.715. The third kappa shape index (κ3) is 3.05. The predicted molar refractivity (Wildman–Crippen MR) is 79.6 cm³/mol. The minimum atomic E-state index is -0.782. The fourth-order valence-electron chi connectivity index (χ4n) is 2.64. The van der Waals surface area contributed by atoms with E-state index in [1.54, 1.807) is 13.8 Å². The lowest BCUT2D eigenvalue weighted by molar-refractivity contribution is -0.572. The molecule has 0 aromatic carbocycles. The average molecular weight is 287 g/mol. The zero-order valence-corrected chi connectivity index (χ0v) is 12.7. The fourth-order valence-corrected chi connectivity index (χ4v) is 5.38. The van der Waals surface area contributed by atoms with Crippen LogP contribution in [0.25, 0.3) is 0 Å². The zero-order valence-electron chi connectivity index (χ0n) is 11.1. The largest absolute Gasteiger partial charge is 0.264 e. The van der Waals surface area contributed by atoms with Crippen molar-refractivity contribution in [3.05, 3.63) is 19.9 Å². The molecule has 0 N–H and O–H groups in total. The van der Waals surface area contributed by atoms with E-state index in [1.807, 2.05) is 23.5 Å². The highest BCUT2D eigenvalue weighted by molar-refractivity contribution is 8.22. The van der Waals surface area contributed by atoms with Gasteiger partial charge in [-0.15, -0.1) is 23.5 Å². The van der Waals surface area contributed by atoms with Gasteiger partial charge in [0.2, 0.25) is 5.54 Å². The molecule has 0 bridgehead atoms. The summed E-state index contributed by atoms with van der Waals surface area (Å²) >= 11 is 3.93. The van der Waals surface area contributed by atoms with Gasteiger partial charge in [0, 0.05) is 28.9 Å². The highest BCUT2D eigenvalue weighted by atomic mass is 32.2. The van der Waals surface area contributed by atoms with Gasteiger partial charge in [-0.3, -0.25) is 10.1 Å². The molecule has 18 heavy (non-hydrogen) atoms. The molecule has 102 valence electrons. The summed E-state index contributed by atoms with van der Waals surface area (Å²) in [6.45, 7) is 3.57. The number of hydrogen-bond acceptors (Lipinski definition) is 4. The topological polar surface area (TPSA) is 43.1 Å². The first-order valence-electron chi connectivity index (χ1n) is 6.64. The summed E-state index contributed by atoms with van der Waals surface area (Å²) < 4.78 is 1.48. The number of nitro groups is 1. The van der Waals surface area contributed by atoms with E-state index in [0.717, 1.165) is 25.7 Å². The van der Waals surface area contributed by atoms with Gasteiger partial charge in [-0.2, -0.15) is 0 Å². The van der Waals surface area contributed by atoms with Crippen LogP contribution in [-0.2, 0) is 0 Å². The Kier molecular flexibility index (Phi) is 4.64. The summed E-state index contributed by atoms with van der Waals surface area (Å²) in [5.74, 6) is 2.64. The molecule has 0 aromatic heterocycles. The van der Waals surface area contributed by atoms with Crippen LogP contribution in [0.2, 0.25) is 0 Å². The lowest BCUT2D eigenvalue weighted by Crippen LogP contribution is -2.41. The van der Waals surface area contributed by atoms with Gasteiger partial charge in [-0.25, -0.2) is 0 Å². The fraction of sp³-hybridized carbons (Fsp3) is 0.846. The molecule has 0 radical (unpaired) electrons. The van der Waals surface area contributed by atoms with Gasteiger partial charge in [0.1, 0.15) is 0 Å². The molecule has 3 nitrogen and oxygen atoms in total. The molecule has 0 aromatic rings. The highest BCUT2D eigenvalue weighted by Gasteiger charge is 2.42. The van der Waals surface area contributed by atoms with Gasteiger partial charge in [0.15, 0.2) is 0 Å². The second-order valence-corrected chi connectivity index (χ2v) is 8.11. The third-order valence-electron chi connectivity index (χ3n) is 4.04. The van der Waals surface area contributed by atoms with Crippen molar-refractivity contribution in [2.75, 3.05) is 11.5 Å². The van der Waals surface area contributed by atoms with Crippen molar-refractivity contribution in [2.24, 2.45) is 5.92 Å². The van der Waals surface area contributed by atoms with E-state index in [1.165, 1.54) is 27.7 Å². The maximum atomic E-state index is 11.2. The number of thioether (sulfide) groups is 2. The molecule has 1 saturated carbocycles. The van der Waals surface area contributed by atoms with E-state index >= 15 is 0 Å². The maximum Gasteiger partial charge on any atom is 0.219 e. The molecular weight excluding hydrogens is 266 g/mol. The van der Waals surface area contributed by atoms with Crippen molar-refractivity contribution in [1.82, 2.24) is 0 Å². The lowest BCUT2D eigenvalue weighted by atomic mass is 9.75. The van der Waals surface area contributed by atoms with Crippen LogP contribution < -0.4 is 0 Å². The van der Waals surface area contributed by atoms with Crippen molar-refractivity contribution in [3.8, 4) is 0 Å². The van der Waals surface area contributed by atoms with E-state index in [4.69, 9.17) is 0 Å². The Morgan fingerprint density at radius 3 is 2.56 bits per heavy atom. The standard InChI is InChI=1S/C13H21NO2S2/c1-13(2,14(15)16)11-6-3-5-10(9-11)12-17-7-4-8-18-12/h11H,3-9H2,1-2H3. The average Bonchev–Trinajstić information content (AvgIpc) is 2.40. The molecule has 2 fully saturated rings. The molecule has 1 aliphatic carbocycles. The Morgan fingerprint density at radius 1 is 1.28 bits per heavy atom. The van der Waals surface area contributed by atoms with E-state index in [2.05, 4.69) is 0 Å². The Morgan fingerprint density at radius 2 is 1.94 bits per heavy atom. The van der Waals surface area contributed by atoms with Gasteiger partial charge >= 0.3 is 0 Å². The zero-order chi connectivity index (χ0) is 13.2. The Hall–Kier alpha value is -0.160. The van der Waals surface area contributed by atoms with Crippen LogP contribution in [0.1, 0.15) is 46.0 Å². The van der Waals surface area contributed by atoms with Crippen molar-refractivity contribution >= 4 is 23.5 Å². The molecule has 1 atom stereocenters. The second-order valence-electron chi connectivity index (χ2n) is 5.65. The number of rotatable bonds is 2. The normalized spacial score (nSPS) is 26.2. The Bertz CT molecular complexity index is 358. The molecule has 1 heterocycles. The van der Waals surface area contributed by atoms with E-state index in [9.17, 15) is 10.1 Å². The van der Waals surface area contributed by atoms with Crippen molar-refractivity contribution < 1.29 is 4.92 Å². The van der Waals surface area contributed by atoms with Crippen LogP contribution in [0.4, 0.5) is 0 Å². The third-order valence-corrected chi connectivity index (χ3v) is 6.83. The monoisotopic (exact) mass is 287 g/mol. The first-order chi connectivity index (χ1) is 8.51. The molecule has 0 amide bonds. The van der Waals surface area contributed by atoms with Crippen molar-refractivity contribution in [1.29, 1.82) is 0 Å². The minimum absolute atomic E-state index is 0.0908. The summed E-state index contributed by atoms with van der Waals surface area (Å²) in [4.78, 5) is 11.1.